The van der Waals surface area contributed by atoms with Crippen LogP contribution in [0, 0.1) is 12.8 Å². The molecule has 6 heteroatoms. The summed E-state index contributed by atoms with van der Waals surface area (Å²) in [5.41, 5.74) is 2.16. The van der Waals surface area contributed by atoms with Crippen molar-refractivity contribution < 1.29 is 14.7 Å². The molecule has 0 saturated carbocycles. The second kappa shape index (κ2) is 7.09. The molecule has 122 valence electrons. The number of aliphatic carboxylic acids is 1. The average Bonchev–Trinajstić information content (AvgIpc) is 2.85. The fourth-order valence-corrected chi connectivity index (χ4v) is 2.40. The molecular weight excluding hydrogens is 294 g/mol. The number of aryl methyl sites for hydroxylation is 2. The van der Waals surface area contributed by atoms with Crippen LogP contribution in [0.15, 0.2) is 36.4 Å². The summed E-state index contributed by atoms with van der Waals surface area (Å²) in [4.78, 5) is 25.5. The molecule has 1 atom stereocenters. The topological polar surface area (TPSA) is 75.4 Å². The van der Waals surface area contributed by atoms with Gasteiger partial charge < -0.3 is 10.0 Å². The van der Waals surface area contributed by atoms with Gasteiger partial charge in [-0.2, -0.15) is 5.10 Å². The fourth-order valence-electron chi connectivity index (χ4n) is 2.40. The monoisotopic (exact) mass is 315 g/mol. The van der Waals surface area contributed by atoms with Crippen molar-refractivity contribution in [2.75, 3.05) is 6.54 Å². The summed E-state index contributed by atoms with van der Waals surface area (Å²) in [5, 5.41) is 13.3. The number of carbonyl (C=O) groups excluding carboxylic acids is 1. The van der Waals surface area contributed by atoms with Crippen molar-refractivity contribution in [3.8, 4) is 0 Å². The number of nitrogens with zero attached hydrogens (tertiary/aromatic N) is 3. The molecule has 0 unspecified atom stereocenters. The highest BCUT2D eigenvalue weighted by Crippen LogP contribution is 2.13. The first-order valence-corrected chi connectivity index (χ1v) is 7.45. The van der Waals surface area contributed by atoms with Crippen molar-refractivity contribution in [1.82, 2.24) is 14.7 Å². The molecule has 2 rings (SSSR count). The molecule has 1 aromatic heterocycles. The summed E-state index contributed by atoms with van der Waals surface area (Å²) in [7, 11) is 1.71. The van der Waals surface area contributed by atoms with Gasteiger partial charge in [-0.25, -0.2) is 0 Å². The number of hydrogen-bond donors (Lipinski definition) is 1. The highest BCUT2D eigenvalue weighted by Gasteiger charge is 2.24. The van der Waals surface area contributed by atoms with Gasteiger partial charge in [-0.3, -0.25) is 14.3 Å². The first-order chi connectivity index (χ1) is 10.9. The highest BCUT2D eigenvalue weighted by molar-refractivity contribution is 5.93. The maximum absolute atomic E-state index is 12.8. The largest absolute Gasteiger partial charge is 0.481 e. The average molecular weight is 315 g/mol. The van der Waals surface area contributed by atoms with Crippen LogP contribution in [-0.2, 0) is 18.4 Å². The van der Waals surface area contributed by atoms with E-state index in [1.807, 2.05) is 37.3 Å². The molecule has 0 bridgehead atoms. The molecule has 0 radical (unpaired) electrons. The Morgan fingerprint density at radius 3 is 2.48 bits per heavy atom. The summed E-state index contributed by atoms with van der Waals surface area (Å²) >= 11 is 0. The number of carboxylic acid groups (broad SMARTS) is 1. The smallest absolute Gasteiger partial charge is 0.308 e. The number of rotatable bonds is 6. The third kappa shape index (κ3) is 4.18. The first kappa shape index (κ1) is 16.7. The second-order valence-corrected chi connectivity index (χ2v) is 5.71. The van der Waals surface area contributed by atoms with Crippen LogP contribution < -0.4 is 0 Å². The minimum absolute atomic E-state index is 0.146. The van der Waals surface area contributed by atoms with Crippen molar-refractivity contribution in [2.45, 2.75) is 20.4 Å². The molecule has 0 aliphatic heterocycles. The Labute approximate surface area is 135 Å². The molecule has 0 fully saturated rings. The quantitative estimate of drug-likeness (QED) is 0.885. The van der Waals surface area contributed by atoms with Crippen molar-refractivity contribution in [2.24, 2.45) is 13.0 Å². The Balaban J connectivity index is 2.26. The van der Waals surface area contributed by atoms with E-state index >= 15 is 0 Å². The zero-order valence-electron chi connectivity index (χ0n) is 13.6. The predicted molar refractivity (Wildman–Crippen MR) is 85.9 cm³/mol. The van der Waals surface area contributed by atoms with E-state index in [2.05, 4.69) is 5.10 Å². The summed E-state index contributed by atoms with van der Waals surface area (Å²) in [5.74, 6) is -1.78. The zero-order valence-corrected chi connectivity index (χ0v) is 13.6. The van der Waals surface area contributed by atoms with Gasteiger partial charge in [0, 0.05) is 20.1 Å². The SMILES string of the molecule is Cc1cc(C(=O)N(Cc2ccccc2)C[C@@H](C)C(=O)O)n(C)n1. The first-order valence-electron chi connectivity index (χ1n) is 7.45. The molecule has 0 saturated heterocycles. The lowest BCUT2D eigenvalue weighted by Crippen LogP contribution is -2.37. The maximum Gasteiger partial charge on any atom is 0.308 e. The molecular formula is C17H21N3O3. The molecule has 1 aromatic carbocycles. The highest BCUT2D eigenvalue weighted by atomic mass is 16.4. The molecule has 1 N–H and O–H groups in total. The number of hydrogen-bond acceptors (Lipinski definition) is 3. The standard InChI is InChI=1S/C17H21N3O3/c1-12(17(22)23)10-20(11-14-7-5-4-6-8-14)16(21)15-9-13(2)18-19(15)3/h4-9,12H,10-11H2,1-3H3,(H,22,23)/t12-/m1/s1. The van der Waals surface area contributed by atoms with Gasteiger partial charge in [0.2, 0.25) is 0 Å². The van der Waals surface area contributed by atoms with Crippen LogP contribution in [0.5, 0.6) is 0 Å². The molecule has 6 nitrogen and oxygen atoms in total. The summed E-state index contributed by atoms with van der Waals surface area (Å²) in [6.45, 7) is 3.93. The Morgan fingerprint density at radius 1 is 1.30 bits per heavy atom. The van der Waals surface area contributed by atoms with Crippen LogP contribution in [0.3, 0.4) is 0 Å². The van der Waals surface area contributed by atoms with E-state index in [0.29, 0.717) is 12.2 Å². The summed E-state index contributed by atoms with van der Waals surface area (Å²) in [6.07, 6.45) is 0. The summed E-state index contributed by atoms with van der Waals surface area (Å²) in [6, 6.07) is 11.2. The Kier molecular flexibility index (Phi) is 5.16. The molecule has 1 amide bonds. The second-order valence-electron chi connectivity index (χ2n) is 5.71. The van der Waals surface area contributed by atoms with E-state index in [1.54, 1.807) is 24.9 Å². The fraction of sp³-hybridized carbons (Fsp3) is 0.353. The number of amides is 1. The molecule has 0 aliphatic rings. The Bertz CT molecular complexity index is 694. The van der Waals surface area contributed by atoms with Gasteiger partial charge in [0.1, 0.15) is 5.69 Å². The van der Waals surface area contributed by atoms with E-state index in [-0.39, 0.29) is 12.5 Å². The van der Waals surface area contributed by atoms with Gasteiger partial charge in [0.15, 0.2) is 0 Å². The van der Waals surface area contributed by atoms with Gasteiger partial charge in [-0.1, -0.05) is 37.3 Å². The van der Waals surface area contributed by atoms with E-state index < -0.39 is 11.9 Å². The normalized spacial score (nSPS) is 12.0. The third-order valence-corrected chi connectivity index (χ3v) is 3.64. The number of carboxylic acids is 1. The van der Waals surface area contributed by atoms with E-state index in [4.69, 9.17) is 5.11 Å². The van der Waals surface area contributed by atoms with Crippen LogP contribution in [0.1, 0.15) is 28.7 Å². The third-order valence-electron chi connectivity index (χ3n) is 3.64. The molecule has 1 heterocycles. The van der Waals surface area contributed by atoms with Crippen molar-refractivity contribution in [3.05, 3.63) is 53.3 Å². The van der Waals surface area contributed by atoms with Gasteiger partial charge in [0.05, 0.1) is 11.6 Å². The Morgan fingerprint density at radius 2 is 1.96 bits per heavy atom. The van der Waals surface area contributed by atoms with Crippen molar-refractivity contribution >= 4 is 11.9 Å². The lowest BCUT2D eigenvalue weighted by Gasteiger charge is -2.24. The van der Waals surface area contributed by atoms with Gasteiger partial charge in [-0.15, -0.1) is 0 Å². The van der Waals surface area contributed by atoms with Crippen molar-refractivity contribution in [1.29, 1.82) is 0 Å². The van der Waals surface area contributed by atoms with Crippen LogP contribution in [0.4, 0.5) is 0 Å². The maximum atomic E-state index is 12.8. The molecule has 0 aliphatic carbocycles. The molecule has 0 spiro atoms. The van der Waals surface area contributed by atoms with Gasteiger partial charge in [-0.05, 0) is 18.6 Å². The van der Waals surface area contributed by atoms with Crippen LogP contribution in [-0.4, -0.2) is 38.2 Å². The number of benzene rings is 1. The summed E-state index contributed by atoms with van der Waals surface area (Å²) < 4.78 is 1.53. The minimum Gasteiger partial charge on any atom is -0.481 e. The van der Waals surface area contributed by atoms with Gasteiger partial charge >= 0.3 is 5.97 Å². The predicted octanol–water partition coefficient (Wildman–Crippen LogP) is 2.09. The van der Waals surface area contributed by atoms with Gasteiger partial charge in [0.25, 0.3) is 5.91 Å². The van der Waals surface area contributed by atoms with Crippen LogP contribution in [0.25, 0.3) is 0 Å². The zero-order chi connectivity index (χ0) is 17.0. The van der Waals surface area contributed by atoms with Crippen LogP contribution in [0.2, 0.25) is 0 Å². The molecule has 2 aromatic rings. The lowest BCUT2D eigenvalue weighted by atomic mass is 10.1. The van der Waals surface area contributed by atoms with E-state index in [1.165, 1.54) is 4.68 Å². The van der Waals surface area contributed by atoms with E-state index in [9.17, 15) is 9.59 Å². The number of carbonyl (C=O) groups is 2. The van der Waals surface area contributed by atoms with Crippen LogP contribution >= 0.6 is 0 Å². The van der Waals surface area contributed by atoms with E-state index in [0.717, 1.165) is 11.3 Å². The Hall–Kier alpha value is -2.63. The molecule has 23 heavy (non-hydrogen) atoms. The minimum atomic E-state index is -0.919. The number of aromatic nitrogens is 2. The van der Waals surface area contributed by atoms with Crippen molar-refractivity contribution in [3.63, 3.8) is 0 Å². The lowest BCUT2D eigenvalue weighted by molar-refractivity contribution is -0.141.